The number of rotatable bonds is 4. The normalized spacial score (nSPS) is 31.2. The van der Waals surface area contributed by atoms with E-state index in [2.05, 4.69) is 14.1 Å². The fourth-order valence-electron chi connectivity index (χ4n) is 5.32. The van der Waals surface area contributed by atoms with Gasteiger partial charge in [0.15, 0.2) is 0 Å². The van der Waals surface area contributed by atoms with Crippen LogP contribution in [0.2, 0.25) is 0 Å². The third-order valence-electron chi connectivity index (χ3n) is 7.13. The van der Waals surface area contributed by atoms with Gasteiger partial charge in [0.25, 0.3) is 0 Å². The van der Waals surface area contributed by atoms with Crippen molar-refractivity contribution in [2.75, 3.05) is 14.1 Å². The minimum Gasteiger partial charge on any atom is -0.459 e. The molecule has 2 aromatic carbocycles. The van der Waals surface area contributed by atoms with Crippen molar-refractivity contribution in [2.24, 2.45) is 0 Å². The monoisotopic (exact) mass is 416 g/mol. The molecule has 3 heterocycles. The number of benzene rings is 2. The van der Waals surface area contributed by atoms with Crippen LogP contribution >= 0.6 is 0 Å². The summed E-state index contributed by atoms with van der Waals surface area (Å²) in [6, 6.07) is 10.5. The number of hydrogen-bond donors (Lipinski definition) is 1. The highest BCUT2D eigenvalue weighted by atomic mass is 19.1. The van der Waals surface area contributed by atoms with Gasteiger partial charge in [-0.15, -0.1) is 0 Å². The second kappa shape index (κ2) is 6.57. The van der Waals surface area contributed by atoms with E-state index in [-0.39, 0.29) is 41.5 Å². The smallest absolute Gasteiger partial charge is 0.347 e. The summed E-state index contributed by atoms with van der Waals surface area (Å²) >= 11 is 0. The Balaban J connectivity index is 1.44. The van der Waals surface area contributed by atoms with E-state index in [1.165, 1.54) is 48.5 Å². The number of morpholine rings is 1. The number of halogens is 2. The van der Waals surface area contributed by atoms with E-state index in [0.29, 0.717) is 12.8 Å². The van der Waals surface area contributed by atoms with Gasteiger partial charge in [-0.3, -0.25) is 0 Å². The van der Waals surface area contributed by atoms with E-state index in [9.17, 15) is 18.7 Å². The van der Waals surface area contributed by atoms with Crippen molar-refractivity contribution in [1.29, 1.82) is 0 Å². The van der Waals surface area contributed by atoms with Gasteiger partial charge in [-0.1, -0.05) is 24.3 Å². The Morgan fingerprint density at radius 1 is 0.967 bits per heavy atom. The number of ether oxygens (including phenoxy) is 2. The Bertz CT molecular complexity index is 910. The number of epoxide rings is 1. The lowest BCUT2D eigenvalue weighted by atomic mass is 9.86. The largest absolute Gasteiger partial charge is 0.459 e. The first kappa shape index (κ1) is 19.6. The second-order valence-electron chi connectivity index (χ2n) is 9.05. The van der Waals surface area contributed by atoms with Gasteiger partial charge >= 0.3 is 5.97 Å². The summed E-state index contributed by atoms with van der Waals surface area (Å²) in [5, 5.41) is 11.5. The average molecular weight is 416 g/mol. The molecule has 1 N–H and O–H groups in total. The van der Waals surface area contributed by atoms with Crippen LogP contribution in [-0.2, 0) is 19.9 Å². The number of hydrogen-bond acceptors (Lipinski definition) is 4. The van der Waals surface area contributed by atoms with Crippen molar-refractivity contribution in [3.05, 3.63) is 71.3 Å². The molecule has 0 saturated carbocycles. The zero-order valence-electron chi connectivity index (χ0n) is 16.8. The van der Waals surface area contributed by atoms with E-state index in [4.69, 9.17) is 9.47 Å². The number of aliphatic hydroxyl groups is 1. The minimum absolute atomic E-state index is 0.168. The number of carbonyl (C=O) groups excluding carboxylic acids is 1. The van der Waals surface area contributed by atoms with E-state index in [1.54, 1.807) is 0 Å². The Morgan fingerprint density at radius 3 is 1.83 bits per heavy atom. The molecule has 3 aliphatic heterocycles. The van der Waals surface area contributed by atoms with Crippen molar-refractivity contribution in [2.45, 2.75) is 48.8 Å². The summed E-state index contributed by atoms with van der Waals surface area (Å²) < 4.78 is 39.3. The van der Waals surface area contributed by atoms with Crippen molar-refractivity contribution in [3.63, 3.8) is 0 Å². The Labute approximate surface area is 173 Å². The predicted octanol–water partition coefficient (Wildman–Crippen LogP) is 2.50. The van der Waals surface area contributed by atoms with Crippen molar-refractivity contribution >= 4 is 5.97 Å². The average Bonchev–Trinajstić information content (AvgIpc) is 3.47. The van der Waals surface area contributed by atoms with Gasteiger partial charge in [0, 0.05) is 12.8 Å². The zero-order chi connectivity index (χ0) is 21.3. The molecular formula is C23H24F2NO4+. The Hall–Kier alpha value is -2.35. The third kappa shape index (κ3) is 2.87. The lowest BCUT2D eigenvalue weighted by Crippen LogP contribution is -2.60. The molecule has 4 atom stereocenters. The topological polar surface area (TPSA) is 59.1 Å². The molecule has 0 aromatic heterocycles. The SMILES string of the molecule is C[N+]1(C)C2CC(OC(=O)C(O)(c3ccc(F)cc3)c3ccc(F)cc3)CC1C1OC12. The lowest BCUT2D eigenvalue weighted by Gasteiger charge is -2.45. The Kier molecular flexibility index (Phi) is 4.29. The minimum atomic E-state index is -2.16. The summed E-state index contributed by atoms with van der Waals surface area (Å²) in [7, 11) is 4.35. The van der Waals surface area contributed by atoms with Crippen LogP contribution in [0.1, 0.15) is 24.0 Å². The highest BCUT2D eigenvalue weighted by Crippen LogP contribution is 2.51. The molecule has 30 heavy (non-hydrogen) atoms. The highest BCUT2D eigenvalue weighted by Gasteiger charge is 2.71. The molecule has 0 spiro atoms. The molecule has 0 amide bonds. The van der Waals surface area contributed by atoms with Crippen LogP contribution < -0.4 is 0 Å². The molecule has 158 valence electrons. The quantitative estimate of drug-likeness (QED) is 0.473. The molecule has 3 saturated heterocycles. The molecule has 0 radical (unpaired) electrons. The molecule has 2 aromatic rings. The molecule has 4 unspecified atom stereocenters. The Morgan fingerprint density at radius 2 is 1.40 bits per heavy atom. The molecule has 5 rings (SSSR count). The summed E-state index contributed by atoms with van der Waals surface area (Å²) in [6.45, 7) is 0. The van der Waals surface area contributed by atoms with E-state index in [1.807, 2.05) is 0 Å². The van der Waals surface area contributed by atoms with Crippen molar-refractivity contribution in [3.8, 4) is 0 Å². The van der Waals surface area contributed by atoms with Crippen LogP contribution in [0.3, 0.4) is 0 Å². The van der Waals surface area contributed by atoms with E-state index < -0.39 is 23.2 Å². The first-order valence-corrected chi connectivity index (χ1v) is 10.2. The van der Waals surface area contributed by atoms with Crippen LogP contribution in [0.25, 0.3) is 0 Å². The molecule has 5 nitrogen and oxygen atoms in total. The third-order valence-corrected chi connectivity index (χ3v) is 7.13. The van der Waals surface area contributed by atoms with Gasteiger partial charge in [0.2, 0.25) is 5.60 Å². The number of fused-ring (bicyclic) bond motifs is 5. The van der Waals surface area contributed by atoms with Gasteiger partial charge in [0.05, 0.1) is 14.1 Å². The van der Waals surface area contributed by atoms with Crippen LogP contribution in [0.4, 0.5) is 8.78 Å². The number of likely N-dealkylation sites (N-methyl/N-ethyl adjacent to an activating group) is 1. The first-order valence-electron chi connectivity index (χ1n) is 10.2. The van der Waals surface area contributed by atoms with E-state index >= 15 is 0 Å². The first-order chi connectivity index (χ1) is 14.2. The highest BCUT2D eigenvalue weighted by molar-refractivity contribution is 5.85. The van der Waals surface area contributed by atoms with Crippen molar-refractivity contribution in [1.82, 2.24) is 0 Å². The second-order valence-corrected chi connectivity index (χ2v) is 9.05. The number of quaternary nitrogens is 1. The predicted molar refractivity (Wildman–Crippen MR) is 103 cm³/mol. The molecule has 3 aliphatic rings. The maximum Gasteiger partial charge on any atom is 0.347 e. The molecule has 7 heteroatoms. The molecule has 2 bridgehead atoms. The molecular weight excluding hydrogens is 392 g/mol. The summed E-state index contributed by atoms with van der Waals surface area (Å²) in [5.74, 6) is -1.82. The van der Waals surface area contributed by atoms with Crippen LogP contribution in [-0.4, -0.2) is 60.0 Å². The molecule has 0 aliphatic carbocycles. The number of esters is 1. The van der Waals surface area contributed by atoms with Gasteiger partial charge in [-0.2, -0.15) is 0 Å². The fourth-order valence-corrected chi connectivity index (χ4v) is 5.32. The fraction of sp³-hybridized carbons (Fsp3) is 0.435. The zero-order valence-corrected chi connectivity index (χ0v) is 16.8. The summed E-state index contributed by atoms with van der Waals surface area (Å²) in [4.78, 5) is 13.3. The van der Waals surface area contributed by atoms with Crippen molar-refractivity contribution < 1.29 is 32.6 Å². The standard InChI is InChI=1S/C23H24F2NO4/c1-26(2)18-11-17(12-19(26)21-20(18)30-21)29-22(27)23(28,13-3-7-15(24)8-4-13)14-5-9-16(25)10-6-14/h3-10,17-21,28H,11-12H2,1-2H3/q+1. The van der Waals surface area contributed by atoms with Crippen LogP contribution in [0.15, 0.2) is 48.5 Å². The number of carbonyl (C=O) groups is 1. The van der Waals surface area contributed by atoms with Gasteiger partial charge in [0.1, 0.15) is 42.0 Å². The lowest BCUT2D eigenvalue weighted by molar-refractivity contribution is -0.938. The van der Waals surface area contributed by atoms with Crippen LogP contribution in [0, 0.1) is 11.6 Å². The van der Waals surface area contributed by atoms with Crippen LogP contribution in [0.5, 0.6) is 0 Å². The number of nitrogens with zero attached hydrogens (tertiary/aromatic N) is 1. The summed E-state index contributed by atoms with van der Waals surface area (Å²) in [6.07, 6.45) is 1.38. The molecule has 3 fully saturated rings. The van der Waals surface area contributed by atoms with Gasteiger partial charge < -0.3 is 19.1 Å². The number of piperidine rings is 1. The van der Waals surface area contributed by atoms with Gasteiger partial charge in [-0.25, -0.2) is 13.6 Å². The van der Waals surface area contributed by atoms with Gasteiger partial charge in [-0.05, 0) is 35.4 Å². The van der Waals surface area contributed by atoms with E-state index in [0.717, 1.165) is 4.48 Å². The summed E-state index contributed by atoms with van der Waals surface area (Å²) in [5.41, 5.74) is -1.83. The maximum atomic E-state index is 13.4. The maximum absolute atomic E-state index is 13.4.